The second kappa shape index (κ2) is 36.4. The first-order valence-electron chi connectivity index (χ1n) is 21.0. The zero-order valence-electron chi connectivity index (χ0n) is 34.9. The van der Waals surface area contributed by atoms with Crippen LogP contribution in [0.15, 0.2) is 60.8 Å². The van der Waals surface area contributed by atoms with E-state index in [1.54, 1.807) is 0 Å². The van der Waals surface area contributed by atoms with Crippen molar-refractivity contribution in [3.8, 4) is 0 Å². The van der Waals surface area contributed by atoms with Crippen molar-refractivity contribution in [3.05, 3.63) is 60.8 Å². The molecule has 1 unspecified atom stereocenters. The Bertz CT molecular complexity index is 1110. The van der Waals surface area contributed by atoms with Gasteiger partial charge in [0, 0.05) is 12.8 Å². The molecule has 0 amide bonds. The van der Waals surface area contributed by atoms with E-state index in [1.165, 1.54) is 51.4 Å². The number of ether oxygens (including phenoxy) is 2. The molecule has 9 nitrogen and oxygen atoms in total. The molecule has 0 radical (unpaired) electrons. The monoisotopic (exact) mass is 780 g/mol. The van der Waals surface area contributed by atoms with Crippen LogP contribution in [0.1, 0.15) is 155 Å². The van der Waals surface area contributed by atoms with Gasteiger partial charge in [0.25, 0.3) is 7.82 Å². The van der Waals surface area contributed by atoms with Gasteiger partial charge >= 0.3 is 11.9 Å². The zero-order chi connectivity index (χ0) is 40.0. The SMILES string of the molecule is CC/C=C/C=C/C=C/C=C/CCCCCCCC(=O)O[C@H](COC(=O)CCCCCCCCC/C=C/CCCCCC)COP(=O)([O-])OCC[N+](C)(C)C. The Morgan fingerprint density at radius 1 is 0.593 bits per heavy atom. The van der Waals surface area contributed by atoms with Crippen LogP contribution in [0.2, 0.25) is 0 Å². The Balaban J connectivity index is 4.44. The van der Waals surface area contributed by atoms with Crippen molar-refractivity contribution in [2.45, 2.75) is 161 Å². The lowest BCUT2D eigenvalue weighted by Gasteiger charge is -2.28. The van der Waals surface area contributed by atoms with Gasteiger partial charge in [-0.3, -0.25) is 14.2 Å². The van der Waals surface area contributed by atoms with Crippen LogP contribution >= 0.6 is 7.82 Å². The van der Waals surface area contributed by atoms with Crippen LogP contribution in [0.4, 0.5) is 0 Å². The second-order valence-corrected chi connectivity index (χ2v) is 16.5. The van der Waals surface area contributed by atoms with Crippen molar-refractivity contribution in [3.63, 3.8) is 0 Å². The highest BCUT2D eigenvalue weighted by atomic mass is 31.2. The van der Waals surface area contributed by atoms with Crippen molar-refractivity contribution in [2.24, 2.45) is 0 Å². The Labute approximate surface area is 330 Å². The highest BCUT2D eigenvalue weighted by Gasteiger charge is 2.21. The number of hydrogen-bond donors (Lipinski definition) is 0. The topological polar surface area (TPSA) is 111 Å². The van der Waals surface area contributed by atoms with Crippen LogP contribution in [-0.2, 0) is 32.7 Å². The molecule has 0 heterocycles. The van der Waals surface area contributed by atoms with Crippen LogP contribution in [0.3, 0.4) is 0 Å². The molecule has 0 spiro atoms. The summed E-state index contributed by atoms with van der Waals surface area (Å²) in [6, 6.07) is 0. The van der Waals surface area contributed by atoms with E-state index in [0.717, 1.165) is 70.6 Å². The minimum atomic E-state index is -4.63. The molecule has 0 aliphatic rings. The molecular formula is C44H78NO8P. The van der Waals surface area contributed by atoms with E-state index in [9.17, 15) is 19.0 Å². The Morgan fingerprint density at radius 3 is 1.63 bits per heavy atom. The summed E-state index contributed by atoms with van der Waals surface area (Å²) in [5.74, 6) is -0.872. The minimum Gasteiger partial charge on any atom is -0.756 e. The van der Waals surface area contributed by atoms with E-state index in [1.807, 2.05) is 51.5 Å². The van der Waals surface area contributed by atoms with E-state index in [2.05, 4.69) is 44.2 Å². The van der Waals surface area contributed by atoms with Gasteiger partial charge in [0.1, 0.15) is 19.8 Å². The number of allylic oxidation sites excluding steroid dienone is 10. The molecule has 0 aromatic carbocycles. The molecule has 0 N–H and O–H groups in total. The zero-order valence-corrected chi connectivity index (χ0v) is 35.8. The maximum atomic E-state index is 12.6. The number of likely N-dealkylation sites (N-methyl/N-ethyl adjacent to an activating group) is 1. The van der Waals surface area contributed by atoms with Crippen LogP contribution < -0.4 is 4.89 Å². The van der Waals surface area contributed by atoms with E-state index in [4.69, 9.17) is 18.5 Å². The summed E-state index contributed by atoms with van der Waals surface area (Å²) in [6.45, 7) is 4.02. The van der Waals surface area contributed by atoms with Crippen LogP contribution in [0.25, 0.3) is 0 Å². The molecule has 0 fully saturated rings. The van der Waals surface area contributed by atoms with E-state index < -0.39 is 32.5 Å². The first-order valence-corrected chi connectivity index (χ1v) is 22.5. The smallest absolute Gasteiger partial charge is 0.306 e. The van der Waals surface area contributed by atoms with Gasteiger partial charge in [-0.2, -0.15) is 0 Å². The van der Waals surface area contributed by atoms with Gasteiger partial charge in [0.15, 0.2) is 6.10 Å². The largest absolute Gasteiger partial charge is 0.756 e. The van der Waals surface area contributed by atoms with Crippen molar-refractivity contribution in [1.29, 1.82) is 0 Å². The average molecular weight is 780 g/mol. The number of phosphoric ester groups is 1. The van der Waals surface area contributed by atoms with E-state index in [0.29, 0.717) is 17.4 Å². The number of esters is 2. The molecule has 0 saturated carbocycles. The molecule has 0 aliphatic heterocycles. The quantitative estimate of drug-likeness (QED) is 0.0153. The fourth-order valence-corrected chi connectivity index (χ4v) is 6.03. The average Bonchev–Trinajstić information content (AvgIpc) is 3.12. The molecule has 0 rings (SSSR count). The number of quaternary nitrogens is 1. The summed E-state index contributed by atoms with van der Waals surface area (Å²) in [6.07, 6.45) is 42.4. The van der Waals surface area contributed by atoms with E-state index in [-0.39, 0.29) is 26.1 Å². The number of rotatable bonds is 37. The molecule has 0 bridgehead atoms. The highest BCUT2D eigenvalue weighted by Crippen LogP contribution is 2.38. The van der Waals surface area contributed by atoms with Crippen molar-refractivity contribution < 1.29 is 42.1 Å². The van der Waals surface area contributed by atoms with Crippen LogP contribution in [-0.4, -0.2) is 70.0 Å². The first kappa shape index (κ1) is 51.7. The minimum absolute atomic E-state index is 0.0392. The first-order chi connectivity index (χ1) is 26.0. The van der Waals surface area contributed by atoms with Gasteiger partial charge in [-0.25, -0.2) is 0 Å². The normalized spacial score (nSPS) is 14.3. The lowest BCUT2D eigenvalue weighted by molar-refractivity contribution is -0.870. The Morgan fingerprint density at radius 2 is 1.07 bits per heavy atom. The van der Waals surface area contributed by atoms with Gasteiger partial charge in [-0.05, 0) is 57.8 Å². The van der Waals surface area contributed by atoms with Gasteiger partial charge in [-0.15, -0.1) is 0 Å². The Kier molecular flexibility index (Phi) is 34.8. The van der Waals surface area contributed by atoms with Crippen LogP contribution in [0.5, 0.6) is 0 Å². The summed E-state index contributed by atoms with van der Waals surface area (Å²) < 4.78 is 33.8. The number of phosphoric acid groups is 1. The third-order valence-electron chi connectivity index (χ3n) is 8.62. The van der Waals surface area contributed by atoms with Crippen molar-refractivity contribution in [2.75, 3.05) is 47.5 Å². The molecule has 54 heavy (non-hydrogen) atoms. The molecule has 312 valence electrons. The third-order valence-corrected chi connectivity index (χ3v) is 9.58. The standard InChI is InChI=1S/C44H78NO8P/c1-6-8-10-12-14-16-18-20-22-24-26-28-30-32-34-36-43(46)50-40-42(41-52-54(48,49)51-39-38-45(3,4)5)53-44(47)37-35-33-31-29-27-25-23-21-19-17-15-13-11-9-7-2/h9,11,13,15-19,21,23,42H,6-8,10,12,14,20,22,24-41H2,1-5H3/b11-9+,15-13+,18-16+,19-17+,23-21+/t42-/m1/s1. The number of carbonyl (C=O) groups excluding carboxylic acids is 2. The molecule has 0 aliphatic carbocycles. The summed E-state index contributed by atoms with van der Waals surface area (Å²) in [5.41, 5.74) is 0. The molecule has 2 atom stereocenters. The predicted molar refractivity (Wildman–Crippen MR) is 222 cm³/mol. The number of hydrogen-bond acceptors (Lipinski definition) is 8. The number of carbonyl (C=O) groups is 2. The summed E-state index contributed by atoms with van der Waals surface area (Å²) in [4.78, 5) is 37.5. The summed E-state index contributed by atoms with van der Waals surface area (Å²) >= 11 is 0. The molecule has 0 aromatic rings. The second-order valence-electron chi connectivity index (χ2n) is 15.1. The van der Waals surface area contributed by atoms with Gasteiger partial charge < -0.3 is 27.9 Å². The molecule has 10 heteroatoms. The maximum absolute atomic E-state index is 12.6. The fraction of sp³-hybridized carbons (Fsp3) is 0.727. The third kappa shape index (κ3) is 39.4. The maximum Gasteiger partial charge on any atom is 0.306 e. The number of nitrogens with zero attached hydrogens (tertiary/aromatic N) is 1. The molecule has 0 aromatic heterocycles. The lowest BCUT2D eigenvalue weighted by atomic mass is 10.1. The summed E-state index contributed by atoms with van der Waals surface area (Å²) in [5, 5.41) is 0. The van der Waals surface area contributed by atoms with Crippen molar-refractivity contribution in [1.82, 2.24) is 0 Å². The fourth-order valence-electron chi connectivity index (χ4n) is 5.31. The van der Waals surface area contributed by atoms with Gasteiger partial charge in [0.2, 0.25) is 0 Å². The van der Waals surface area contributed by atoms with Gasteiger partial charge in [-0.1, -0.05) is 145 Å². The predicted octanol–water partition coefficient (Wildman–Crippen LogP) is 11.1. The van der Waals surface area contributed by atoms with Crippen LogP contribution in [0, 0.1) is 0 Å². The van der Waals surface area contributed by atoms with E-state index >= 15 is 0 Å². The highest BCUT2D eigenvalue weighted by molar-refractivity contribution is 7.45. The lowest BCUT2D eigenvalue weighted by Crippen LogP contribution is -2.37. The Hall–Kier alpha value is -2.29. The molecular weight excluding hydrogens is 701 g/mol. The number of unbranched alkanes of at least 4 members (excludes halogenated alkanes) is 16. The van der Waals surface area contributed by atoms with Crippen molar-refractivity contribution >= 4 is 19.8 Å². The van der Waals surface area contributed by atoms with Gasteiger partial charge in [0.05, 0.1) is 27.7 Å². The molecule has 0 saturated heterocycles. The summed E-state index contributed by atoms with van der Waals surface area (Å²) in [7, 11) is 1.13.